The number of aromatic nitrogens is 3. The molecular formula is C26H31ClN8O3S2. The highest BCUT2D eigenvalue weighted by atomic mass is 35.5. The van der Waals surface area contributed by atoms with Crippen LogP contribution in [0.3, 0.4) is 0 Å². The molecule has 0 saturated carbocycles. The summed E-state index contributed by atoms with van der Waals surface area (Å²) in [5.41, 5.74) is 8.91. The largest absolute Gasteiger partial charge is 0.382 e. The molecule has 4 N–H and O–H groups in total. The molecule has 1 aliphatic heterocycles. The average molecular weight is 603 g/mol. The number of thiazole rings is 1. The van der Waals surface area contributed by atoms with Gasteiger partial charge in [0.25, 0.3) is 0 Å². The fraction of sp³-hybridized carbons (Fsp3) is 0.385. The van der Waals surface area contributed by atoms with Crippen LogP contribution in [-0.4, -0.2) is 71.1 Å². The summed E-state index contributed by atoms with van der Waals surface area (Å²) >= 11 is 2.90. The van der Waals surface area contributed by atoms with Gasteiger partial charge < -0.3 is 21.1 Å². The lowest BCUT2D eigenvalue weighted by Crippen LogP contribution is -2.41. The number of carbonyl (C=O) groups is 2. The summed E-state index contributed by atoms with van der Waals surface area (Å²) in [5, 5.41) is 18.6. The smallest absolute Gasteiger partial charge is 0.221 e. The van der Waals surface area contributed by atoms with E-state index in [9.17, 15) is 14.9 Å². The van der Waals surface area contributed by atoms with Crippen molar-refractivity contribution in [3.8, 4) is 17.3 Å². The van der Waals surface area contributed by atoms with Gasteiger partial charge in [-0.15, -0.1) is 23.7 Å². The number of benzene rings is 1. The van der Waals surface area contributed by atoms with Gasteiger partial charge in [-0.2, -0.15) is 5.26 Å². The molecule has 1 saturated heterocycles. The van der Waals surface area contributed by atoms with Gasteiger partial charge in [-0.3, -0.25) is 14.5 Å². The van der Waals surface area contributed by atoms with Crippen molar-refractivity contribution in [1.29, 1.82) is 5.26 Å². The van der Waals surface area contributed by atoms with E-state index in [4.69, 9.17) is 10.5 Å². The fourth-order valence-electron chi connectivity index (χ4n) is 3.91. The van der Waals surface area contributed by atoms with Gasteiger partial charge in [0.1, 0.15) is 17.5 Å². The lowest BCUT2D eigenvalue weighted by Gasteiger charge is -2.26. The Labute approximate surface area is 247 Å². The molecule has 0 bridgehead atoms. The van der Waals surface area contributed by atoms with E-state index in [1.807, 2.05) is 5.38 Å². The summed E-state index contributed by atoms with van der Waals surface area (Å²) in [6.45, 7) is 6.22. The number of hydrogen-bond donors (Lipinski definition) is 3. The molecule has 0 atom stereocenters. The molecule has 0 unspecified atom stereocenters. The second-order valence-electron chi connectivity index (χ2n) is 8.81. The number of thioether (sulfide) groups is 1. The minimum absolute atomic E-state index is 0. The molecule has 3 heterocycles. The van der Waals surface area contributed by atoms with Crippen LogP contribution >= 0.6 is 35.5 Å². The van der Waals surface area contributed by atoms with Crippen LogP contribution < -0.4 is 16.4 Å². The Morgan fingerprint density at radius 2 is 1.95 bits per heavy atom. The van der Waals surface area contributed by atoms with Gasteiger partial charge >= 0.3 is 0 Å². The van der Waals surface area contributed by atoms with Crippen LogP contribution in [0.25, 0.3) is 11.3 Å². The summed E-state index contributed by atoms with van der Waals surface area (Å²) in [4.78, 5) is 39.3. The fourth-order valence-corrected chi connectivity index (χ4v) is 5.56. The second kappa shape index (κ2) is 15.5. The molecule has 40 heavy (non-hydrogen) atoms. The number of nitrogen functional groups attached to an aromatic ring is 1. The third-order valence-electron chi connectivity index (χ3n) is 5.88. The Balaban J connectivity index is 0.00000441. The zero-order valence-corrected chi connectivity index (χ0v) is 24.5. The lowest BCUT2D eigenvalue weighted by molar-refractivity contribution is -0.121. The Morgan fingerprint density at radius 3 is 2.65 bits per heavy atom. The van der Waals surface area contributed by atoms with Crippen LogP contribution in [0.4, 0.5) is 11.5 Å². The van der Waals surface area contributed by atoms with E-state index in [1.54, 1.807) is 24.3 Å². The first kappa shape index (κ1) is 31.3. The number of ether oxygens (including phenoxy) is 1. The van der Waals surface area contributed by atoms with Crippen LogP contribution in [0.1, 0.15) is 29.6 Å². The monoisotopic (exact) mass is 602 g/mol. The number of nitrogens with one attached hydrogen (secondary N) is 2. The first-order valence-corrected chi connectivity index (χ1v) is 14.4. The van der Waals surface area contributed by atoms with Gasteiger partial charge in [0.15, 0.2) is 5.16 Å². The number of amides is 2. The topological polar surface area (TPSA) is 159 Å². The average Bonchev–Trinajstić information content (AvgIpc) is 3.39. The van der Waals surface area contributed by atoms with Crippen LogP contribution in [0.2, 0.25) is 0 Å². The first-order valence-electron chi connectivity index (χ1n) is 12.5. The number of rotatable bonds is 11. The van der Waals surface area contributed by atoms with Crippen molar-refractivity contribution >= 4 is 58.8 Å². The molecule has 2 amide bonds. The summed E-state index contributed by atoms with van der Waals surface area (Å²) in [6.07, 6.45) is 0.972. The number of nitrogens with zero attached hydrogens (tertiary/aromatic N) is 5. The van der Waals surface area contributed by atoms with Gasteiger partial charge in [0.2, 0.25) is 11.8 Å². The Hall–Kier alpha value is -3.28. The highest BCUT2D eigenvalue weighted by Crippen LogP contribution is 2.30. The zero-order chi connectivity index (χ0) is 27.6. The highest BCUT2D eigenvalue weighted by Gasteiger charge is 2.16. The molecule has 0 radical (unpaired) electrons. The van der Waals surface area contributed by atoms with Crippen molar-refractivity contribution < 1.29 is 14.3 Å². The minimum atomic E-state index is -0.168. The second-order valence-corrected chi connectivity index (χ2v) is 10.7. The number of nitrogens with two attached hydrogens (primary N) is 1. The van der Waals surface area contributed by atoms with Crippen molar-refractivity contribution in [2.24, 2.45) is 0 Å². The van der Waals surface area contributed by atoms with E-state index in [0.29, 0.717) is 47.2 Å². The molecule has 1 aromatic carbocycles. The van der Waals surface area contributed by atoms with Crippen molar-refractivity contribution in [3.05, 3.63) is 45.9 Å². The number of nitriles is 1. The number of hydrogen-bond acceptors (Lipinski definition) is 11. The molecule has 3 aromatic rings. The van der Waals surface area contributed by atoms with Gasteiger partial charge in [-0.1, -0.05) is 23.9 Å². The standard InChI is InChI=1S/C26H30N8O3S2.ClH/c1-17(35)30-19-4-2-18(3-5-19)24-21(14-27)25(28)33-26(32-24)39-16-20-15-38-23(31-20)7-6-22(36)29-8-9-34-10-12-37-13-11-34;/h2-5,15H,6-13,16H2,1H3,(H,29,36)(H,30,35)(H2,28,32,33);1H. The predicted octanol–water partition coefficient (Wildman–Crippen LogP) is 3.11. The van der Waals surface area contributed by atoms with Gasteiger partial charge in [-0.05, 0) is 12.1 Å². The molecule has 11 nitrogen and oxygen atoms in total. The first-order chi connectivity index (χ1) is 18.9. The van der Waals surface area contributed by atoms with Gasteiger partial charge in [0, 0.05) is 68.3 Å². The molecule has 0 aliphatic carbocycles. The molecule has 1 aliphatic rings. The van der Waals surface area contributed by atoms with Crippen LogP contribution in [0.5, 0.6) is 0 Å². The van der Waals surface area contributed by atoms with Crippen LogP contribution in [0.15, 0.2) is 34.8 Å². The molecule has 0 spiro atoms. The van der Waals surface area contributed by atoms with E-state index >= 15 is 0 Å². The quantitative estimate of drug-likeness (QED) is 0.220. The number of carbonyl (C=O) groups excluding carboxylic acids is 2. The zero-order valence-electron chi connectivity index (χ0n) is 22.0. The Kier molecular flexibility index (Phi) is 12.1. The normalized spacial score (nSPS) is 13.2. The number of morpholine rings is 1. The minimum Gasteiger partial charge on any atom is -0.382 e. The summed E-state index contributed by atoms with van der Waals surface area (Å²) < 4.78 is 5.34. The van der Waals surface area contributed by atoms with E-state index in [-0.39, 0.29) is 35.6 Å². The summed E-state index contributed by atoms with van der Waals surface area (Å²) in [7, 11) is 0. The highest BCUT2D eigenvalue weighted by molar-refractivity contribution is 7.98. The van der Waals surface area contributed by atoms with Crippen molar-refractivity contribution in [1.82, 2.24) is 25.2 Å². The van der Waals surface area contributed by atoms with E-state index < -0.39 is 0 Å². The Morgan fingerprint density at radius 1 is 1.20 bits per heavy atom. The summed E-state index contributed by atoms with van der Waals surface area (Å²) in [5.74, 6) is 0.482. The number of anilines is 2. The van der Waals surface area contributed by atoms with Crippen molar-refractivity contribution in [2.45, 2.75) is 30.7 Å². The Bertz CT molecular complexity index is 1340. The van der Waals surface area contributed by atoms with E-state index in [1.165, 1.54) is 30.0 Å². The summed E-state index contributed by atoms with van der Waals surface area (Å²) in [6, 6.07) is 9.11. The van der Waals surface area contributed by atoms with Gasteiger partial charge in [-0.25, -0.2) is 15.0 Å². The van der Waals surface area contributed by atoms with Crippen LogP contribution in [-0.2, 0) is 26.5 Å². The maximum Gasteiger partial charge on any atom is 0.221 e. The van der Waals surface area contributed by atoms with E-state index in [2.05, 4.69) is 36.6 Å². The molecule has 1 fully saturated rings. The molecule has 212 valence electrons. The molecular weight excluding hydrogens is 572 g/mol. The lowest BCUT2D eigenvalue weighted by atomic mass is 10.1. The van der Waals surface area contributed by atoms with E-state index in [0.717, 1.165) is 43.5 Å². The van der Waals surface area contributed by atoms with Gasteiger partial charge in [0.05, 0.1) is 29.6 Å². The van der Waals surface area contributed by atoms with Crippen molar-refractivity contribution in [2.75, 3.05) is 50.4 Å². The molecule has 2 aromatic heterocycles. The maximum atomic E-state index is 12.2. The molecule has 14 heteroatoms. The molecule has 4 rings (SSSR count). The SMILES string of the molecule is CC(=O)Nc1ccc(-c2nc(SCc3csc(CCC(=O)NCCN4CCOCC4)n3)nc(N)c2C#N)cc1.Cl. The van der Waals surface area contributed by atoms with Crippen LogP contribution in [0, 0.1) is 11.3 Å². The number of aryl methyl sites for hydroxylation is 1. The van der Waals surface area contributed by atoms with Crippen molar-refractivity contribution in [3.63, 3.8) is 0 Å². The maximum absolute atomic E-state index is 12.2. The predicted molar refractivity (Wildman–Crippen MR) is 158 cm³/mol. The third kappa shape index (κ3) is 9.14. The third-order valence-corrected chi connectivity index (χ3v) is 7.71. The number of halogens is 1.